The van der Waals surface area contributed by atoms with Crippen molar-refractivity contribution in [2.75, 3.05) is 0 Å². The third kappa shape index (κ3) is 1.03. The van der Waals surface area contributed by atoms with Gasteiger partial charge in [-0.2, -0.15) is 0 Å². The topological polar surface area (TPSA) is 61.8 Å². The van der Waals surface area contributed by atoms with E-state index >= 15 is 0 Å². The molecule has 0 atom stereocenters. The SMILES string of the molecule is Oc1ccccc1-c1c[nH]nn1. The molecule has 0 fully saturated rings. The van der Waals surface area contributed by atoms with Gasteiger partial charge in [0.1, 0.15) is 11.4 Å². The first-order valence-electron chi connectivity index (χ1n) is 3.53. The van der Waals surface area contributed by atoms with Crippen molar-refractivity contribution in [3.05, 3.63) is 30.5 Å². The number of rotatable bonds is 1. The molecule has 12 heavy (non-hydrogen) atoms. The fraction of sp³-hybridized carbons (Fsp3) is 0. The highest BCUT2D eigenvalue weighted by Crippen LogP contribution is 2.25. The first-order chi connectivity index (χ1) is 5.88. The van der Waals surface area contributed by atoms with Gasteiger partial charge >= 0.3 is 0 Å². The number of aromatic nitrogens is 3. The largest absolute Gasteiger partial charge is 0.507 e. The highest BCUT2D eigenvalue weighted by molar-refractivity contribution is 5.65. The fourth-order valence-electron chi connectivity index (χ4n) is 1.02. The number of aromatic amines is 1. The average molecular weight is 161 g/mol. The Bertz CT molecular complexity index is 370. The van der Waals surface area contributed by atoms with E-state index in [4.69, 9.17) is 0 Å². The van der Waals surface area contributed by atoms with Crippen LogP contribution in [0.25, 0.3) is 11.3 Å². The summed E-state index contributed by atoms with van der Waals surface area (Å²) in [5.41, 5.74) is 1.33. The highest BCUT2D eigenvalue weighted by Gasteiger charge is 2.04. The number of aromatic hydroxyl groups is 1. The third-order valence-corrected chi connectivity index (χ3v) is 1.60. The van der Waals surface area contributed by atoms with Gasteiger partial charge in [0.25, 0.3) is 0 Å². The molecule has 2 N–H and O–H groups in total. The van der Waals surface area contributed by atoms with Crippen molar-refractivity contribution in [1.29, 1.82) is 0 Å². The number of phenolic OH excluding ortho intramolecular Hbond substituents is 1. The van der Waals surface area contributed by atoms with Crippen molar-refractivity contribution in [3.8, 4) is 17.0 Å². The Morgan fingerprint density at radius 1 is 1.25 bits per heavy atom. The van der Waals surface area contributed by atoms with Gasteiger partial charge in [0.15, 0.2) is 0 Å². The molecule has 2 rings (SSSR count). The molecule has 0 saturated heterocycles. The van der Waals surface area contributed by atoms with Crippen molar-refractivity contribution in [3.63, 3.8) is 0 Å². The molecule has 0 aliphatic carbocycles. The highest BCUT2D eigenvalue weighted by atomic mass is 16.3. The molecule has 0 radical (unpaired) electrons. The van der Waals surface area contributed by atoms with Crippen LogP contribution in [0, 0.1) is 0 Å². The quantitative estimate of drug-likeness (QED) is 0.660. The van der Waals surface area contributed by atoms with E-state index in [9.17, 15) is 5.11 Å². The molecule has 4 heteroatoms. The van der Waals surface area contributed by atoms with E-state index in [1.54, 1.807) is 24.4 Å². The van der Waals surface area contributed by atoms with Crippen molar-refractivity contribution < 1.29 is 5.11 Å². The van der Waals surface area contributed by atoms with Crippen LogP contribution in [-0.2, 0) is 0 Å². The molecule has 1 aromatic heterocycles. The van der Waals surface area contributed by atoms with Crippen LogP contribution in [0.2, 0.25) is 0 Å². The van der Waals surface area contributed by atoms with Gasteiger partial charge in [-0.25, -0.2) is 0 Å². The van der Waals surface area contributed by atoms with E-state index in [-0.39, 0.29) is 5.75 Å². The zero-order valence-electron chi connectivity index (χ0n) is 6.23. The second-order valence-corrected chi connectivity index (χ2v) is 2.38. The van der Waals surface area contributed by atoms with Crippen LogP contribution in [0.3, 0.4) is 0 Å². The Kier molecular flexibility index (Phi) is 1.51. The van der Waals surface area contributed by atoms with Gasteiger partial charge in [0.2, 0.25) is 0 Å². The summed E-state index contributed by atoms with van der Waals surface area (Å²) in [5.74, 6) is 0.214. The maximum atomic E-state index is 9.40. The maximum absolute atomic E-state index is 9.40. The lowest BCUT2D eigenvalue weighted by molar-refractivity contribution is 0.477. The molecule has 4 nitrogen and oxygen atoms in total. The number of H-pyrrole nitrogens is 1. The third-order valence-electron chi connectivity index (χ3n) is 1.60. The number of nitrogens with one attached hydrogen (secondary N) is 1. The smallest absolute Gasteiger partial charge is 0.125 e. The minimum atomic E-state index is 0.214. The summed E-state index contributed by atoms with van der Waals surface area (Å²) in [5, 5.41) is 19.3. The Hall–Kier alpha value is -1.84. The monoisotopic (exact) mass is 161 g/mol. The van der Waals surface area contributed by atoms with Crippen molar-refractivity contribution >= 4 is 0 Å². The van der Waals surface area contributed by atoms with Gasteiger partial charge in [-0.1, -0.05) is 17.3 Å². The standard InChI is InChI=1S/C8H7N3O/c12-8-4-2-1-3-6(8)7-5-9-11-10-7/h1-5,12H,(H,9,10,11). The summed E-state index contributed by atoms with van der Waals surface area (Å²) < 4.78 is 0. The lowest BCUT2D eigenvalue weighted by Gasteiger charge is -1.97. The molecule has 0 spiro atoms. The van der Waals surface area contributed by atoms with E-state index in [0.717, 1.165) is 0 Å². The van der Waals surface area contributed by atoms with E-state index in [2.05, 4.69) is 15.4 Å². The molecule has 0 unspecified atom stereocenters. The Morgan fingerprint density at radius 2 is 2.08 bits per heavy atom. The first kappa shape index (κ1) is 6.84. The molecule has 0 aliphatic heterocycles. The van der Waals surface area contributed by atoms with Crippen LogP contribution in [-0.4, -0.2) is 20.5 Å². The normalized spacial score (nSPS) is 10.0. The lowest BCUT2D eigenvalue weighted by atomic mass is 10.1. The summed E-state index contributed by atoms with van der Waals surface area (Å²) in [7, 11) is 0. The summed E-state index contributed by atoms with van der Waals surface area (Å²) >= 11 is 0. The number of para-hydroxylation sites is 1. The van der Waals surface area contributed by atoms with E-state index in [1.807, 2.05) is 6.07 Å². The molecule has 2 aromatic rings. The number of phenols is 1. The van der Waals surface area contributed by atoms with Crippen LogP contribution < -0.4 is 0 Å². The Balaban J connectivity index is 2.55. The minimum Gasteiger partial charge on any atom is -0.507 e. The van der Waals surface area contributed by atoms with Crippen LogP contribution in [0.1, 0.15) is 0 Å². The van der Waals surface area contributed by atoms with E-state index < -0.39 is 0 Å². The van der Waals surface area contributed by atoms with Crippen molar-refractivity contribution in [2.45, 2.75) is 0 Å². The molecule has 0 saturated carbocycles. The molecule has 60 valence electrons. The number of nitrogens with zero attached hydrogens (tertiary/aromatic N) is 2. The number of hydrogen-bond donors (Lipinski definition) is 2. The van der Waals surface area contributed by atoms with Crippen molar-refractivity contribution in [1.82, 2.24) is 15.4 Å². The second kappa shape index (κ2) is 2.65. The zero-order chi connectivity index (χ0) is 8.39. The summed E-state index contributed by atoms with van der Waals surface area (Å²) in [4.78, 5) is 0. The summed E-state index contributed by atoms with van der Waals surface area (Å²) in [6, 6.07) is 7.00. The van der Waals surface area contributed by atoms with Gasteiger partial charge in [-0.15, -0.1) is 5.10 Å². The van der Waals surface area contributed by atoms with Crippen LogP contribution in [0.5, 0.6) is 5.75 Å². The molecule has 1 heterocycles. The molecular weight excluding hydrogens is 154 g/mol. The van der Waals surface area contributed by atoms with Gasteiger partial charge in [0, 0.05) is 5.56 Å². The molecule has 0 bridgehead atoms. The predicted octanol–water partition coefficient (Wildman–Crippen LogP) is 1.18. The molecular formula is C8H7N3O. The van der Waals surface area contributed by atoms with E-state index in [0.29, 0.717) is 11.3 Å². The maximum Gasteiger partial charge on any atom is 0.125 e. The van der Waals surface area contributed by atoms with Gasteiger partial charge in [-0.3, -0.25) is 5.10 Å². The van der Waals surface area contributed by atoms with Gasteiger partial charge in [0.05, 0.1) is 6.20 Å². The Morgan fingerprint density at radius 3 is 2.75 bits per heavy atom. The molecule has 1 aromatic carbocycles. The summed E-state index contributed by atoms with van der Waals surface area (Å²) in [6.07, 6.45) is 1.63. The first-order valence-corrected chi connectivity index (χ1v) is 3.53. The average Bonchev–Trinajstić information content (AvgIpc) is 2.57. The second-order valence-electron chi connectivity index (χ2n) is 2.38. The minimum absolute atomic E-state index is 0.214. The van der Waals surface area contributed by atoms with Crippen LogP contribution >= 0.6 is 0 Å². The summed E-state index contributed by atoms with van der Waals surface area (Å²) in [6.45, 7) is 0. The Labute approximate surface area is 68.9 Å². The fourth-order valence-corrected chi connectivity index (χ4v) is 1.02. The van der Waals surface area contributed by atoms with Crippen LogP contribution in [0.15, 0.2) is 30.5 Å². The lowest BCUT2D eigenvalue weighted by Crippen LogP contribution is -1.77. The molecule has 0 aliphatic rings. The molecule has 0 amide bonds. The van der Waals surface area contributed by atoms with Crippen molar-refractivity contribution in [2.24, 2.45) is 0 Å². The van der Waals surface area contributed by atoms with Crippen LogP contribution in [0.4, 0.5) is 0 Å². The number of benzene rings is 1. The predicted molar refractivity (Wildman–Crippen MR) is 43.5 cm³/mol. The zero-order valence-corrected chi connectivity index (χ0v) is 6.23. The number of hydrogen-bond acceptors (Lipinski definition) is 3. The van der Waals surface area contributed by atoms with Gasteiger partial charge < -0.3 is 5.11 Å². The van der Waals surface area contributed by atoms with Gasteiger partial charge in [-0.05, 0) is 12.1 Å². The van der Waals surface area contributed by atoms with E-state index in [1.165, 1.54) is 0 Å².